The number of halogens is 2. The van der Waals surface area contributed by atoms with Crippen molar-refractivity contribution in [2.75, 3.05) is 26.7 Å². The second-order valence-electron chi connectivity index (χ2n) is 10.1. The molecule has 2 fully saturated rings. The molecule has 0 spiro atoms. The molecule has 0 unspecified atom stereocenters. The molecule has 5 rings (SSSR count). The average molecular weight is 583 g/mol. The molecule has 1 aliphatic heterocycles. The van der Waals surface area contributed by atoms with Crippen LogP contribution in [0.4, 0.5) is 13.6 Å². The minimum atomic E-state index is -0.773. The van der Waals surface area contributed by atoms with E-state index in [-0.39, 0.29) is 30.6 Å². The van der Waals surface area contributed by atoms with Gasteiger partial charge in [0.25, 0.3) is 0 Å². The van der Waals surface area contributed by atoms with Crippen LogP contribution in [0.15, 0.2) is 41.8 Å². The molecule has 2 aliphatic rings. The number of hydrogen-bond acceptors (Lipinski definition) is 8. The number of likely N-dealkylation sites (tertiary alicyclic amines) is 1. The van der Waals surface area contributed by atoms with E-state index in [2.05, 4.69) is 37.2 Å². The maximum atomic E-state index is 14.8. The third kappa shape index (κ3) is 7.74. The van der Waals surface area contributed by atoms with Gasteiger partial charge in [-0.1, -0.05) is 36.4 Å². The molecule has 216 valence electrons. The van der Waals surface area contributed by atoms with Crippen molar-refractivity contribution >= 4 is 17.9 Å². The van der Waals surface area contributed by atoms with Gasteiger partial charge in [-0.2, -0.15) is 0 Å². The fraction of sp³-hybridized carbons (Fsp3) is 0.448. The predicted molar refractivity (Wildman–Crippen MR) is 150 cm³/mol. The van der Waals surface area contributed by atoms with E-state index >= 15 is 0 Å². The lowest BCUT2D eigenvalue weighted by molar-refractivity contribution is 0.147. The summed E-state index contributed by atoms with van der Waals surface area (Å²) < 4.78 is 42.1. The lowest BCUT2D eigenvalue weighted by atomic mass is 10.1. The van der Waals surface area contributed by atoms with Crippen molar-refractivity contribution in [1.82, 2.24) is 30.0 Å². The lowest BCUT2D eigenvalue weighted by Gasteiger charge is -2.28. The number of rotatable bonds is 8. The monoisotopic (exact) mass is 582 g/mol. The number of benzene rings is 1. The SMILES string of the molecule is CN1CCC(NC(=O)OCC#Cc2cc(F)c(OCc3nnc(SC4CCCC4)n3-c3cccnc3)cc2F)CC1. The number of piperidine rings is 1. The zero-order chi connectivity index (χ0) is 28.6. The van der Waals surface area contributed by atoms with Gasteiger partial charge in [-0.05, 0) is 64.0 Å². The molecule has 1 aliphatic carbocycles. The molecule has 9 nitrogen and oxygen atoms in total. The Morgan fingerprint density at radius 1 is 1.15 bits per heavy atom. The first-order chi connectivity index (χ1) is 20.0. The van der Waals surface area contributed by atoms with E-state index in [1.54, 1.807) is 24.2 Å². The molecule has 1 amide bonds. The van der Waals surface area contributed by atoms with Crippen LogP contribution in [-0.4, -0.2) is 68.8 Å². The molecular weight excluding hydrogens is 550 g/mol. The van der Waals surface area contributed by atoms with E-state index in [1.807, 2.05) is 23.7 Å². The molecule has 0 bridgehead atoms. The van der Waals surface area contributed by atoms with Crippen LogP contribution in [0.5, 0.6) is 5.75 Å². The Morgan fingerprint density at radius 2 is 1.95 bits per heavy atom. The van der Waals surface area contributed by atoms with E-state index < -0.39 is 17.7 Å². The third-order valence-electron chi connectivity index (χ3n) is 7.10. The van der Waals surface area contributed by atoms with Gasteiger partial charge in [-0.15, -0.1) is 10.2 Å². The van der Waals surface area contributed by atoms with Crippen molar-refractivity contribution in [2.24, 2.45) is 0 Å². The van der Waals surface area contributed by atoms with Crippen molar-refractivity contribution in [1.29, 1.82) is 0 Å². The number of carbonyl (C=O) groups is 1. The molecule has 2 aromatic heterocycles. The number of carbonyl (C=O) groups excluding carboxylic acids is 1. The zero-order valence-corrected chi connectivity index (χ0v) is 23.6. The van der Waals surface area contributed by atoms with Crippen molar-refractivity contribution in [3.63, 3.8) is 0 Å². The largest absolute Gasteiger partial charge is 0.482 e. The summed E-state index contributed by atoms with van der Waals surface area (Å²) in [6, 6.07) is 5.66. The molecule has 1 saturated carbocycles. The van der Waals surface area contributed by atoms with Crippen molar-refractivity contribution in [3.8, 4) is 23.3 Å². The molecule has 1 aromatic carbocycles. The van der Waals surface area contributed by atoms with Crippen LogP contribution >= 0.6 is 11.8 Å². The second-order valence-corrected chi connectivity index (χ2v) is 11.4. The molecule has 41 heavy (non-hydrogen) atoms. The van der Waals surface area contributed by atoms with Crippen LogP contribution in [0.1, 0.15) is 49.9 Å². The van der Waals surface area contributed by atoms with Crippen LogP contribution in [-0.2, 0) is 11.3 Å². The Labute approximate surface area is 242 Å². The Morgan fingerprint density at radius 3 is 2.71 bits per heavy atom. The molecule has 1 saturated heterocycles. The third-order valence-corrected chi connectivity index (χ3v) is 8.38. The van der Waals surface area contributed by atoms with Gasteiger partial charge in [0.2, 0.25) is 0 Å². The van der Waals surface area contributed by atoms with Gasteiger partial charge in [-0.3, -0.25) is 9.55 Å². The number of hydrogen-bond donors (Lipinski definition) is 1. The van der Waals surface area contributed by atoms with Gasteiger partial charge < -0.3 is 19.7 Å². The molecule has 3 heterocycles. The highest BCUT2D eigenvalue weighted by molar-refractivity contribution is 7.99. The summed E-state index contributed by atoms with van der Waals surface area (Å²) in [5.41, 5.74) is 0.596. The molecule has 0 atom stereocenters. The number of ether oxygens (including phenoxy) is 2. The summed E-state index contributed by atoms with van der Waals surface area (Å²) in [4.78, 5) is 18.4. The minimum Gasteiger partial charge on any atom is -0.482 e. The van der Waals surface area contributed by atoms with Crippen LogP contribution < -0.4 is 10.1 Å². The highest BCUT2D eigenvalue weighted by Gasteiger charge is 2.23. The molecular formula is C29H32F2N6O3S. The first-order valence-electron chi connectivity index (χ1n) is 13.7. The second kappa shape index (κ2) is 13.8. The highest BCUT2D eigenvalue weighted by atomic mass is 32.2. The fourth-order valence-electron chi connectivity index (χ4n) is 4.84. The normalized spacial score (nSPS) is 16.3. The van der Waals surface area contributed by atoms with Crippen LogP contribution in [0.3, 0.4) is 0 Å². The zero-order valence-electron chi connectivity index (χ0n) is 22.8. The number of amides is 1. The van der Waals surface area contributed by atoms with E-state index in [0.717, 1.165) is 56.6 Å². The number of nitrogens with one attached hydrogen (secondary N) is 1. The first-order valence-corrected chi connectivity index (χ1v) is 14.6. The van der Waals surface area contributed by atoms with E-state index in [4.69, 9.17) is 9.47 Å². The van der Waals surface area contributed by atoms with Crippen LogP contribution in [0.25, 0.3) is 5.69 Å². The van der Waals surface area contributed by atoms with Gasteiger partial charge in [0, 0.05) is 23.6 Å². The van der Waals surface area contributed by atoms with Crippen molar-refractivity contribution < 1.29 is 23.0 Å². The van der Waals surface area contributed by atoms with Crippen LogP contribution in [0.2, 0.25) is 0 Å². The number of alkyl carbamates (subject to hydrolysis) is 1. The topological polar surface area (TPSA) is 94.4 Å². The summed E-state index contributed by atoms with van der Waals surface area (Å²) >= 11 is 1.66. The van der Waals surface area contributed by atoms with Crippen molar-refractivity contribution in [2.45, 2.75) is 61.6 Å². The molecule has 0 radical (unpaired) electrons. The standard InChI is InChI=1S/C29H32F2N6O3S/c1-36-13-10-21(11-14-36)33-29(38)39-15-5-6-20-16-25(31)26(17-24(20)30)40-19-27-34-35-28(41-23-8-2-3-9-23)37(27)22-7-4-12-32-18-22/h4,7,12,16-18,21,23H,2-3,8-11,13-15,19H2,1H3,(H,33,38). The summed E-state index contributed by atoms with van der Waals surface area (Å²) in [5.74, 6) is 3.73. The fourth-order valence-corrected chi connectivity index (χ4v) is 6.11. The van der Waals surface area contributed by atoms with E-state index in [0.29, 0.717) is 16.2 Å². The van der Waals surface area contributed by atoms with E-state index in [1.165, 1.54) is 12.8 Å². The van der Waals surface area contributed by atoms with Gasteiger partial charge in [-0.25, -0.2) is 13.6 Å². The quantitative estimate of drug-likeness (QED) is 0.381. The summed E-state index contributed by atoms with van der Waals surface area (Å²) in [5, 5.41) is 12.6. The smallest absolute Gasteiger partial charge is 0.408 e. The Balaban J connectivity index is 1.20. The number of thioether (sulfide) groups is 1. The molecule has 1 N–H and O–H groups in total. The summed E-state index contributed by atoms with van der Waals surface area (Å²) in [6.45, 7) is 1.43. The van der Waals surface area contributed by atoms with Crippen LogP contribution in [0, 0.1) is 23.5 Å². The van der Waals surface area contributed by atoms with E-state index in [9.17, 15) is 13.6 Å². The average Bonchev–Trinajstić information content (AvgIpc) is 3.64. The summed E-state index contributed by atoms with van der Waals surface area (Å²) in [6.07, 6.45) is 9.11. The van der Waals surface area contributed by atoms with Gasteiger partial charge >= 0.3 is 6.09 Å². The Kier molecular flexibility index (Phi) is 9.69. The number of pyridine rings is 1. The Bertz CT molecular complexity index is 1400. The molecule has 3 aromatic rings. The maximum absolute atomic E-state index is 14.8. The van der Waals surface area contributed by atoms with Gasteiger partial charge in [0.1, 0.15) is 12.4 Å². The minimum absolute atomic E-state index is 0.0570. The number of nitrogens with zero attached hydrogens (tertiary/aromatic N) is 5. The summed E-state index contributed by atoms with van der Waals surface area (Å²) in [7, 11) is 2.04. The molecule has 12 heteroatoms. The van der Waals surface area contributed by atoms with Gasteiger partial charge in [0.05, 0.1) is 17.4 Å². The first kappa shape index (κ1) is 28.8. The number of aromatic nitrogens is 4. The lowest BCUT2D eigenvalue weighted by Crippen LogP contribution is -2.43. The Hall–Kier alpha value is -3.69. The maximum Gasteiger partial charge on any atom is 0.408 e. The van der Waals surface area contributed by atoms with Gasteiger partial charge in [0.15, 0.2) is 29.2 Å². The highest BCUT2D eigenvalue weighted by Crippen LogP contribution is 2.35. The predicted octanol–water partition coefficient (Wildman–Crippen LogP) is 4.73. The van der Waals surface area contributed by atoms with Crippen molar-refractivity contribution in [3.05, 3.63) is 59.7 Å².